The summed E-state index contributed by atoms with van der Waals surface area (Å²) in [5.41, 5.74) is 3.83. The van der Waals surface area contributed by atoms with E-state index in [9.17, 15) is 14.7 Å². The van der Waals surface area contributed by atoms with Crippen LogP contribution in [-0.2, 0) is 9.53 Å². The van der Waals surface area contributed by atoms with Gasteiger partial charge in [0.1, 0.15) is 24.2 Å². The smallest absolute Gasteiger partial charge is 0.335 e. The molecule has 0 aliphatic rings. The van der Waals surface area contributed by atoms with Crippen molar-refractivity contribution < 1.29 is 28.9 Å². The quantitative estimate of drug-likeness (QED) is 0.104. The summed E-state index contributed by atoms with van der Waals surface area (Å²) in [5.74, 6) is 0.304. The van der Waals surface area contributed by atoms with E-state index in [-0.39, 0.29) is 24.2 Å². The standard InChI is InChI=1S/C37H48O6/c1-4-6-8-9-10-11-12-13-25-41-32-20-15-29(16-21-32)34-24-19-31(37(39)40)26-35(34)30-17-22-33(23-18-30)42-27-28(3)43-36(38)14-7-5-2/h15-24,26,28H,4-14,25,27H2,1-3H3,(H,39,40)/t28-/m0/s1. The first-order valence-corrected chi connectivity index (χ1v) is 15.9. The van der Waals surface area contributed by atoms with Gasteiger partial charge in [-0.1, -0.05) is 95.5 Å². The minimum atomic E-state index is -0.972. The summed E-state index contributed by atoms with van der Waals surface area (Å²) in [5, 5.41) is 9.64. The van der Waals surface area contributed by atoms with E-state index in [1.807, 2.05) is 68.4 Å². The van der Waals surface area contributed by atoms with E-state index in [1.54, 1.807) is 12.1 Å². The third kappa shape index (κ3) is 11.8. The SMILES string of the molecule is CCCCCCCCCCOc1ccc(-c2ccc(C(=O)O)cc2-c2ccc(OC[C@H](C)OC(=O)CCCC)cc2)cc1. The highest BCUT2D eigenvalue weighted by molar-refractivity contribution is 5.93. The number of aromatic carboxylic acids is 1. The first kappa shape index (κ1) is 33.7. The molecular weight excluding hydrogens is 540 g/mol. The molecule has 43 heavy (non-hydrogen) atoms. The highest BCUT2D eigenvalue weighted by atomic mass is 16.6. The molecule has 0 saturated carbocycles. The molecule has 3 aromatic rings. The highest BCUT2D eigenvalue weighted by Crippen LogP contribution is 2.35. The molecule has 232 valence electrons. The summed E-state index contributed by atoms with van der Waals surface area (Å²) >= 11 is 0. The molecule has 0 heterocycles. The van der Waals surface area contributed by atoms with E-state index < -0.39 is 5.97 Å². The van der Waals surface area contributed by atoms with Crippen LogP contribution in [0.1, 0.15) is 102 Å². The Labute approximate surface area is 257 Å². The van der Waals surface area contributed by atoms with Crippen molar-refractivity contribution in [3.05, 3.63) is 72.3 Å². The van der Waals surface area contributed by atoms with Crippen LogP contribution in [0.15, 0.2) is 66.7 Å². The molecule has 1 atom stereocenters. The van der Waals surface area contributed by atoms with Crippen molar-refractivity contribution >= 4 is 11.9 Å². The van der Waals surface area contributed by atoms with E-state index in [0.29, 0.717) is 18.8 Å². The van der Waals surface area contributed by atoms with Crippen molar-refractivity contribution in [3.8, 4) is 33.8 Å². The Balaban J connectivity index is 1.61. The predicted molar refractivity (Wildman–Crippen MR) is 173 cm³/mol. The molecule has 0 radical (unpaired) electrons. The molecule has 0 spiro atoms. The third-order valence-corrected chi connectivity index (χ3v) is 7.42. The van der Waals surface area contributed by atoms with Gasteiger partial charge in [-0.25, -0.2) is 4.79 Å². The number of hydrogen-bond acceptors (Lipinski definition) is 5. The Morgan fingerprint density at radius 2 is 1.23 bits per heavy atom. The summed E-state index contributed by atoms with van der Waals surface area (Å²) in [6.45, 7) is 7.06. The number of hydrogen-bond donors (Lipinski definition) is 1. The number of unbranched alkanes of at least 4 members (excludes halogenated alkanes) is 8. The first-order valence-electron chi connectivity index (χ1n) is 15.9. The van der Waals surface area contributed by atoms with Gasteiger partial charge in [-0.15, -0.1) is 0 Å². The second-order valence-electron chi connectivity index (χ2n) is 11.2. The monoisotopic (exact) mass is 588 g/mol. The fourth-order valence-corrected chi connectivity index (χ4v) is 4.91. The van der Waals surface area contributed by atoms with Crippen LogP contribution in [0, 0.1) is 0 Å². The van der Waals surface area contributed by atoms with Gasteiger partial charge in [-0.05, 0) is 78.4 Å². The van der Waals surface area contributed by atoms with Crippen molar-refractivity contribution in [1.82, 2.24) is 0 Å². The molecular formula is C37H48O6. The molecule has 3 rings (SSSR count). The van der Waals surface area contributed by atoms with Crippen LogP contribution in [0.3, 0.4) is 0 Å². The van der Waals surface area contributed by atoms with Gasteiger partial charge in [0.05, 0.1) is 12.2 Å². The number of carbonyl (C=O) groups is 2. The van der Waals surface area contributed by atoms with Gasteiger partial charge in [0.2, 0.25) is 0 Å². The van der Waals surface area contributed by atoms with Gasteiger partial charge >= 0.3 is 11.9 Å². The number of carbonyl (C=O) groups excluding carboxylic acids is 1. The highest BCUT2D eigenvalue weighted by Gasteiger charge is 2.14. The number of carboxylic acid groups (broad SMARTS) is 1. The van der Waals surface area contributed by atoms with Crippen LogP contribution in [0.5, 0.6) is 11.5 Å². The number of rotatable bonds is 20. The minimum Gasteiger partial charge on any atom is -0.494 e. The molecule has 1 N–H and O–H groups in total. The van der Waals surface area contributed by atoms with Crippen LogP contribution in [-0.4, -0.2) is 36.4 Å². The second-order valence-corrected chi connectivity index (χ2v) is 11.2. The topological polar surface area (TPSA) is 82.1 Å². The lowest BCUT2D eigenvalue weighted by atomic mass is 9.92. The molecule has 0 aliphatic heterocycles. The van der Waals surface area contributed by atoms with Crippen molar-refractivity contribution in [1.29, 1.82) is 0 Å². The summed E-state index contributed by atoms with van der Waals surface area (Å²) in [6, 6.07) is 20.7. The second kappa shape index (κ2) is 18.7. The van der Waals surface area contributed by atoms with E-state index in [4.69, 9.17) is 14.2 Å². The molecule has 0 aliphatic carbocycles. The van der Waals surface area contributed by atoms with E-state index in [0.717, 1.165) is 47.3 Å². The van der Waals surface area contributed by atoms with Gasteiger partial charge in [0, 0.05) is 6.42 Å². The molecule has 6 nitrogen and oxygen atoms in total. The van der Waals surface area contributed by atoms with Crippen LogP contribution < -0.4 is 9.47 Å². The van der Waals surface area contributed by atoms with Crippen molar-refractivity contribution in [2.24, 2.45) is 0 Å². The van der Waals surface area contributed by atoms with Gasteiger partial charge in [0.15, 0.2) is 0 Å². The lowest BCUT2D eigenvalue weighted by Gasteiger charge is -2.15. The Hall–Kier alpha value is -3.80. The Kier molecular flexibility index (Phi) is 14.6. The van der Waals surface area contributed by atoms with Crippen LogP contribution in [0.4, 0.5) is 0 Å². The zero-order chi connectivity index (χ0) is 30.9. The average molecular weight is 589 g/mol. The predicted octanol–water partition coefficient (Wildman–Crippen LogP) is 9.74. The van der Waals surface area contributed by atoms with Crippen molar-refractivity contribution in [3.63, 3.8) is 0 Å². The summed E-state index contributed by atoms with van der Waals surface area (Å²) in [6.07, 6.45) is 12.0. The summed E-state index contributed by atoms with van der Waals surface area (Å²) in [4.78, 5) is 23.6. The maximum absolute atomic E-state index is 11.9. The number of benzene rings is 3. The summed E-state index contributed by atoms with van der Waals surface area (Å²) in [7, 11) is 0. The first-order chi connectivity index (χ1) is 20.9. The van der Waals surface area contributed by atoms with E-state index in [2.05, 4.69) is 6.92 Å². The number of ether oxygens (including phenoxy) is 3. The van der Waals surface area contributed by atoms with E-state index >= 15 is 0 Å². The van der Waals surface area contributed by atoms with Crippen molar-refractivity contribution in [2.45, 2.75) is 97.5 Å². The molecule has 6 heteroatoms. The molecule has 0 bridgehead atoms. The Morgan fingerprint density at radius 3 is 1.84 bits per heavy atom. The molecule has 0 aromatic heterocycles. The van der Waals surface area contributed by atoms with Crippen LogP contribution in [0.25, 0.3) is 22.3 Å². The molecule has 0 amide bonds. The van der Waals surface area contributed by atoms with Gasteiger partial charge in [-0.2, -0.15) is 0 Å². The molecule has 0 saturated heterocycles. The molecule has 0 fully saturated rings. The van der Waals surface area contributed by atoms with Gasteiger partial charge in [-0.3, -0.25) is 4.79 Å². The van der Waals surface area contributed by atoms with Crippen molar-refractivity contribution in [2.75, 3.05) is 13.2 Å². The molecule has 0 unspecified atom stereocenters. The van der Waals surface area contributed by atoms with Crippen LogP contribution in [0.2, 0.25) is 0 Å². The van der Waals surface area contributed by atoms with Crippen LogP contribution >= 0.6 is 0 Å². The number of esters is 1. The zero-order valence-corrected chi connectivity index (χ0v) is 26.1. The third-order valence-electron chi connectivity index (χ3n) is 7.42. The largest absolute Gasteiger partial charge is 0.494 e. The van der Waals surface area contributed by atoms with Gasteiger partial charge in [0.25, 0.3) is 0 Å². The van der Waals surface area contributed by atoms with Gasteiger partial charge < -0.3 is 19.3 Å². The normalized spacial score (nSPS) is 11.6. The minimum absolute atomic E-state index is 0.206. The summed E-state index contributed by atoms with van der Waals surface area (Å²) < 4.78 is 17.2. The fourth-order valence-electron chi connectivity index (χ4n) is 4.91. The number of carboxylic acids is 1. The lowest BCUT2D eigenvalue weighted by molar-refractivity contribution is -0.149. The molecule has 3 aromatic carbocycles. The maximum atomic E-state index is 11.9. The lowest BCUT2D eigenvalue weighted by Crippen LogP contribution is -2.21. The zero-order valence-electron chi connectivity index (χ0n) is 26.1. The maximum Gasteiger partial charge on any atom is 0.335 e. The average Bonchev–Trinajstić information content (AvgIpc) is 3.02. The Morgan fingerprint density at radius 1 is 0.674 bits per heavy atom. The van der Waals surface area contributed by atoms with E-state index in [1.165, 1.54) is 44.9 Å². The Bertz CT molecular complexity index is 1250. The fraction of sp³-hybridized carbons (Fsp3) is 0.459.